The van der Waals surface area contributed by atoms with E-state index in [4.69, 9.17) is 0 Å². The number of aryl methyl sites for hydroxylation is 1. The Labute approximate surface area is 65.6 Å². The highest BCUT2D eigenvalue weighted by Crippen LogP contribution is 2.24. The minimum atomic E-state index is -0.613. The van der Waals surface area contributed by atoms with Gasteiger partial charge >= 0.3 is 0 Å². The zero-order valence-corrected chi connectivity index (χ0v) is 6.54. The van der Waals surface area contributed by atoms with Crippen molar-refractivity contribution in [2.24, 2.45) is 7.05 Å². The Kier molecular flexibility index (Phi) is 1.31. The molecule has 0 spiro atoms. The Morgan fingerprint density at radius 2 is 2.36 bits per heavy atom. The molecule has 11 heavy (non-hydrogen) atoms. The molecule has 1 aliphatic rings. The van der Waals surface area contributed by atoms with Crippen LogP contribution >= 0.6 is 0 Å². The van der Waals surface area contributed by atoms with Crippen LogP contribution in [0.5, 0.6) is 0 Å². The summed E-state index contributed by atoms with van der Waals surface area (Å²) in [6, 6.07) is 3.91. The van der Waals surface area contributed by atoms with Crippen LogP contribution in [0.15, 0.2) is 18.3 Å². The summed E-state index contributed by atoms with van der Waals surface area (Å²) in [6.45, 7) is 1.34. The molecule has 0 radical (unpaired) electrons. The van der Waals surface area contributed by atoms with Gasteiger partial charge in [-0.1, -0.05) is 0 Å². The van der Waals surface area contributed by atoms with Crippen LogP contribution in [0.4, 0.5) is 0 Å². The van der Waals surface area contributed by atoms with Gasteiger partial charge in [-0.15, -0.1) is 0 Å². The third-order valence-electron chi connectivity index (χ3n) is 2.26. The van der Waals surface area contributed by atoms with E-state index in [1.807, 2.05) is 29.9 Å². The average molecular weight is 152 g/mol. The van der Waals surface area contributed by atoms with Crippen molar-refractivity contribution in [1.29, 1.82) is 0 Å². The van der Waals surface area contributed by atoms with E-state index in [2.05, 4.69) is 5.32 Å². The van der Waals surface area contributed by atoms with Crippen LogP contribution in [-0.4, -0.2) is 22.8 Å². The number of β-amino-alcohol motifs (C(OH)–C–C–N with tert-alkyl or cyclic N) is 1. The van der Waals surface area contributed by atoms with Crippen molar-refractivity contribution < 1.29 is 5.11 Å². The summed E-state index contributed by atoms with van der Waals surface area (Å²) in [6.07, 6.45) is 1.95. The predicted molar refractivity (Wildman–Crippen MR) is 42.2 cm³/mol. The van der Waals surface area contributed by atoms with Gasteiger partial charge < -0.3 is 15.0 Å². The molecule has 3 nitrogen and oxygen atoms in total. The van der Waals surface area contributed by atoms with Crippen LogP contribution in [0.2, 0.25) is 0 Å². The van der Waals surface area contributed by atoms with Crippen LogP contribution in [-0.2, 0) is 12.6 Å². The molecule has 0 unspecified atom stereocenters. The van der Waals surface area contributed by atoms with Gasteiger partial charge in [-0.3, -0.25) is 0 Å². The molecule has 2 rings (SSSR count). The highest BCUT2D eigenvalue weighted by molar-refractivity contribution is 5.20. The third-order valence-corrected chi connectivity index (χ3v) is 2.26. The molecule has 0 bridgehead atoms. The first-order chi connectivity index (χ1) is 5.22. The summed E-state index contributed by atoms with van der Waals surface area (Å²) in [4.78, 5) is 0. The number of aromatic nitrogens is 1. The van der Waals surface area contributed by atoms with Crippen LogP contribution in [0.3, 0.4) is 0 Å². The van der Waals surface area contributed by atoms with Crippen molar-refractivity contribution in [2.75, 3.05) is 13.1 Å². The van der Waals surface area contributed by atoms with E-state index in [9.17, 15) is 5.11 Å². The SMILES string of the molecule is Cn1cccc1C1(O)CNC1. The lowest BCUT2D eigenvalue weighted by molar-refractivity contribution is -0.0208. The van der Waals surface area contributed by atoms with Gasteiger partial charge in [-0.2, -0.15) is 0 Å². The van der Waals surface area contributed by atoms with Crippen molar-refractivity contribution in [1.82, 2.24) is 9.88 Å². The average Bonchev–Trinajstić information content (AvgIpc) is 2.30. The molecular formula is C8H12N2O. The lowest BCUT2D eigenvalue weighted by Crippen LogP contribution is -2.57. The fourth-order valence-electron chi connectivity index (χ4n) is 1.49. The lowest BCUT2D eigenvalue weighted by atomic mass is 9.93. The summed E-state index contributed by atoms with van der Waals surface area (Å²) < 4.78 is 1.96. The van der Waals surface area contributed by atoms with E-state index in [-0.39, 0.29) is 0 Å². The van der Waals surface area contributed by atoms with Gasteiger partial charge in [0.15, 0.2) is 0 Å². The maximum atomic E-state index is 9.87. The van der Waals surface area contributed by atoms with Crippen LogP contribution in [0.25, 0.3) is 0 Å². The number of aliphatic hydroxyl groups is 1. The van der Waals surface area contributed by atoms with Crippen molar-refractivity contribution in [3.8, 4) is 0 Å². The molecule has 3 heteroatoms. The molecule has 1 aromatic rings. The molecule has 1 fully saturated rings. The Hall–Kier alpha value is -0.800. The largest absolute Gasteiger partial charge is 0.381 e. The van der Waals surface area contributed by atoms with Crippen LogP contribution in [0.1, 0.15) is 5.69 Å². The second kappa shape index (κ2) is 2.09. The van der Waals surface area contributed by atoms with Gasteiger partial charge in [0.1, 0.15) is 5.60 Å². The lowest BCUT2D eigenvalue weighted by Gasteiger charge is -2.37. The summed E-state index contributed by atoms with van der Waals surface area (Å²) in [5.41, 5.74) is 0.384. The molecule has 1 saturated heterocycles. The summed E-state index contributed by atoms with van der Waals surface area (Å²) in [5.74, 6) is 0. The first-order valence-corrected chi connectivity index (χ1v) is 3.77. The van der Waals surface area contributed by atoms with Gasteiger partial charge in [-0.05, 0) is 12.1 Å². The van der Waals surface area contributed by atoms with Crippen molar-refractivity contribution >= 4 is 0 Å². The minimum Gasteiger partial charge on any atom is -0.381 e. The quantitative estimate of drug-likeness (QED) is 0.585. The fraction of sp³-hybridized carbons (Fsp3) is 0.500. The van der Waals surface area contributed by atoms with Crippen molar-refractivity contribution in [3.05, 3.63) is 24.0 Å². The van der Waals surface area contributed by atoms with E-state index < -0.39 is 5.60 Å². The van der Waals surface area contributed by atoms with E-state index >= 15 is 0 Å². The number of hydrogen-bond acceptors (Lipinski definition) is 2. The minimum absolute atomic E-state index is 0.613. The standard InChI is InChI=1S/C8H12N2O/c1-10-4-2-3-7(10)8(11)5-9-6-8/h2-4,9,11H,5-6H2,1H3. The third kappa shape index (κ3) is 0.886. The Bertz CT molecular complexity index is 263. The first-order valence-electron chi connectivity index (χ1n) is 3.77. The van der Waals surface area contributed by atoms with Gasteiger partial charge in [0.2, 0.25) is 0 Å². The molecule has 2 heterocycles. The smallest absolute Gasteiger partial charge is 0.129 e. The highest BCUT2D eigenvalue weighted by atomic mass is 16.3. The molecule has 1 aromatic heterocycles. The van der Waals surface area contributed by atoms with Gasteiger partial charge in [-0.25, -0.2) is 0 Å². The summed E-state index contributed by atoms with van der Waals surface area (Å²) in [5, 5.41) is 12.9. The summed E-state index contributed by atoms with van der Waals surface area (Å²) in [7, 11) is 1.95. The summed E-state index contributed by atoms with van der Waals surface area (Å²) >= 11 is 0. The normalized spacial score (nSPS) is 21.3. The fourth-order valence-corrected chi connectivity index (χ4v) is 1.49. The first kappa shape index (κ1) is 6.88. The Morgan fingerprint density at radius 1 is 1.64 bits per heavy atom. The maximum absolute atomic E-state index is 9.87. The number of rotatable bonds is 1. The number of hydrogen-bond donors (Lipinski definition) is 2. The second-order valence-corrected chi connectivity index (χ2v) is 3.14. The number of nitrogens with zero attached hydrogens (tertiary/aromatic N) is 1. The van der Waals surface area contributed by atoms with Gasteiger partial charge in [0, 0.05) is 26.3 Å². The molecule has 1 aliphatic heterocycles. The monoisotopic (exact) mass is 152 g/mol. The van der Waals surface area contributed by atoms with Crippen LogP contribution in [0, 0.1) is 0 Å². The van der Waals surface area contributed by atoms with Gasteiger partial charge in [0.05, 0.1) is 5.69 Å². The van der Waals surface area contributed by atoms with E-state index in [1.165, 1.54) is 0 Å². The molecule has 2 N–H and O–H groups in total. The van der Waals surface area contributed by atoms with E-state index in [0.717, 1.165) is 5.69 Å². The molecular weight excluding hydrogens is 140 g/mol. The molecule has 0 atom stereocenters. The highest BCUT2D eigenvalue weighted by Gasteiger charge is 2.37. The second-order valence-electron chi connectivity index (χ2n) is 3.14. The zero-order chi connectivity index (χ0) is 7.90. The van der Waals surface area contributed by atoms with E-state index in [0.29, 0.717) is 13.1 Å². The molecule has 0 aromatic carbocycles. The molecule has 0 amide bonds. The number of nitrogens with one attached hydrogen (secondary N) is 1. The Morgan fingerprint density at radius 3 is 2.73 bits per heavy atom. The predicted octanol–water partition coefficient (Wildman–Crippen LogP) is -0.184. The molecule has 0 saturated carbocycles. The molecule has 0 aliphatic carbocycles. The van der Waals surface area contributed by atoms with Crippen LogP contribution < -0.4 is 5.32 Å². The topological polar surface area (TPSA) is 37.2 Å². The van der Waals surface area contributed by atoms with Crippen molar-refractivity contribution in [2.45, 2.75) is 5.60 Å². The maximum Gasteiger partial charge on any atom is 0.129 e. The molecule has 60 valence electrons. The Balaban J connectivity index is 2.35. The zero-order valence-electron chi connectivity index (χ0n) is 6.54. The van der Waals surface area contributed by atoms with Gasteiger partial charge in [0.25, 0.3) is 0 Å². The van der Waals surface area contributed by atoms with E-state index in [1.54, 1.807) is 0 Å². The van der Waals surface area contributed by atoms with Crippen molar-refractivity contribution in [3.63, 3.8) is 0 Å².